The van der Waals surface area contributed by atoms with Gasteiger partial charge in [-0.05, 0) is 43.7 Å². The number of nitrogen functional groups attached to an aromatic ring is 1. The first-order chi connectivity index (χ1) is 12.3. The van der Waals surface area contributed by atoms with Gasteiger partial charge in [-0.15, -0.1) is 0 Å². The molecule has 26 heavy (non-hydrogen) atoms. The van der Waals surface area contributed by atoms with E-state index < -0.39 is 17.3 Å². The van der Waals surface area contributed by atoms with E-state index in [4.69, 9.17) is 11.5 Å². The first kappa shape index (κ1) is 16.8. The normalized spacial score (nSPS) is 20.1. The van der Waals surface area contributed by atoms with Crippen LogP contribution in [0.3, 0.4) is 0 Å². The van der Waals surface area contributed by atoms with Crippen molar-refractivity contribution in [1.82, 2.24) is 4.40 Å². The molecule has 1 saturated carbocycles. The summed E-state index contributed by atoms with van der Waals surface area (Å²) in [5.74, 6) is -2.22. The molecule has 1 unspecified atom stereocenters. The molecule has 0 spiro atoms. The smallest absolute Gasteiger partial charge is 0.341 e. The van der Waals surface area contributed by atoms with Gasteiger partial charge >= 0.3 is 5.97 Å². The van der Waals surface area contributed by atoms with Crippen molar-refractivity contribution in [3.8, 4) is 0 Å². The van der Waals surface area contributed by atoms with Gasteiger partial charge in [0.15, 0.2) is 5.82 Å². The lowest BCUT2D eigenvalue weighted by molar-refractivity contribution is 0.0694. The molecule has 0 radical (unpaired) electrons. The zero-order valence-corrected chi connectivity index (χ0v) is 14.5. The first-order valence-electron chi connectivity index (χ1n) is 8.72. The highest BCUT2D eigenvalue weighted by molar-refractivity contribution is 5.89. The molecule has 3 heterocycles. The number of rotatable bonds is 3. The topological polar surface area (TPSA) is 114 Å². The minimum Gasteiger partial charge on any atom is -0.477 e. The van der Waals surface area contributed by atoms with Gasteiger partial charge in [0.2, 0.25) is 0 Å². The highest BCUT2D eigenvalue weighted by Crippen LogP contribution is 2.44. The molecule has 0 bridgehead atoms. The van der Waals surface area contributed by atoms with E-state index in [9.17, 15) is 14.7 Å². The van der Waals surface area contributed by atoms with E-state index in [-0.39, 0.29) is 23.3 Å². The monoisotopic (exact) mass is 360 g/mol. The second-order valence-electron chi connectivity index (χ2n) is 7.25. The van der Waals surface area contributed by atoms with E-state index >= 15 is 4.39 Å². The summed E-state index contributed by atoms with van der Waals surface area (Å²) in [4.78, 5) is 26.0. The summed E-state index contributed by atoms with van der Waals surface area (Å²) in [5, 5.41) is 9.37. The van der Waals surface area contributed by atoms with Crippen LogP contribution in [0.2, 0.25) is 0 Å². The van der Waals surface area contributed by atoms with Crippen LogP contribution in [0.25, 0.3) is 5.52 Å². The number of fused-ring (bicyclic) bond motifs is 1. The number of carbonyl (C=O) groups is 1. The van der Waals surface area contributed by atoms with Crippen molar-refractivity contribution >= 4 is 23.0 Å². The third-order valence-corrected chi connectivity index (χ3v) is 5.40. The summed E-state index contributed by atoms with van der Waals surface area (Å²) in [6.07, 6.45) is 2.57. The number of nitrogens with two attached hydrogens (primary N) is 2. The Morgan fingerprint density at radius 1 is 1.35 bits per heavy atom. The number of hydrogen-bond acceptors (Lipinski definition) is 5. The number of pyridine rings is 2. The summed E-state index contributed by atoms with van der Waals surface area (Å²) in [6.45, 7) is 2.89. The second kappa shape index (κ2) is 5.70. The van der Waals surface area contributed by atoms with Crippen LogP contribution in [0.1, 0.15) is 46.7 Å². The third-order valence-electron chi connectivity index (χ3n) is 5.40. The number of nitrogens with zero attached hydrogens (tertiary/aromatic N) is 2. The Labute approximate surface area is 149 Å². The molecule has 2 aliphatic rings. The van der Waals surface area contributed by atoms with Crippen molar-refractivity contribution in [3.63, 3.8) is 0 Å². The Hall–Kier alpha value is -2.61. The zero-order valence-electron chi connectivity index (χ0n) is 14.5. The fraction of sp³-hybridized carbons (Fsp3) is 0.444. The molecule has 1 aliphatic carbocycles. The van der Waals surface area contributed by atoms with E-state index in [1.165, 1.54) is 6.07 Å². The summed E-state index contributed by atoms with van der Waals surface area (Å²) < 4.78 is 16.1. The Morgan fingerprint density at radius 2 is 2.04 bits per heavy atom. The van der Waals surface area contributed by atoms with Gasteiger partial charge < -0.3 is 21.5 Å². The quantitative estimate of drug-likeness (QED) is 0.763. The maximum atomic E-state index is 15.1. The van der Waals surface area contributed by atoms with Gasteiger partial charge in [-0.25, -0.2) is 9.18 Å². The molecule has 2 aromatic heterocycles. The number of halogens is 1. The average Bonchev–Trinajstić information content (AvgIpc) is 3.34. The average molecular weight is 360 g/mol. The summed E-state index contributed by atoms with van der Waals surface area (Å²) in [5.41, 5.74) is 13.0. The molecule has 2 fully saturated rings. The fourth-order valence-corrected chi connectivity index (χ4v) is 3.97. The maximum Gasteiger partial charge on any atom is 0.341 e. The minimum atomic E-state index is -1.33. The molecule has 1 saturated heterocycles. The number of carboxylic acids is 1. The van der Waals surface area contributed by atoms with Crippen LogP contribution >= 0.6 is 0 Å². The Balaban J connectivity index is 2.09. The van der Waals surface area contributed by atoms with Crippen molar-refractivity contribution in [1.29, 1.82) is 0 Å². The van der Waals surface area contributed by atoms with Crippen LogP contribution in [0, 0.1) is 12.7 Å². The van der Waals surface area contributed by atoms with Crippen molar-refractivity contribution in [2.75, 3.05) is 23.7 Å². The Morgan fingerprint density at radius 3 is 2.58 bits per heavy atom. The molecule has 0 amide bonds. The van der Waals surface area contributed by atoms with Gasteiger partial charge in [-0.1, -0.05) is 0 Å². The first-order valence-corrected chi connectivity index (χ1v) is 8.72. The van der Waals surface area contributed by atoms with Crippen molar-refractivity contribution in [2.24, 2.45) is 5.73 Å². The van der Waals surface area contributed by atoms with Crippen LogP contribution < -0.4 is 21.9 Å². The number of hydrogen-bond donors (Lipinski definition) is 3. The lowest BCUT2D eigenvalue weighted by Gasteiger charge is -2.25. The molecular formula is C18H21FN4O3. The Kier molecular flexibility index (Phi) is 3.69. The van der Waals surface area contributed by atoms with Gasteiger partial charge in [-0.2, -0.15) is 0 Å². The predicted molar refractivity (Wildman–Crippen MR) is 96.5 cm³/mol. The zero-order chi connectivity index (χ0) is 18.7. The SMILES string of the molecule is Cc1c(N2CCC(N)C2)c(F)c(N)n2c(=O)c(C(=O)O)cc(C3CC3)c12. The number of aryl methyl sites for hydroxylation is 1. The molecule has 0 aromatic carbocycles. The largest absolute Gasteiger partial charge is 0.477 e. The molecular weight excluding hydrogens is 339 g/mol. The van der Waals surface area contributed by atoms with Crippen LogP contribution in [-0.4, -0.2) is 34.6 Å². The number of carboxylic acid groups (broad SMARTS) is 1. The minimum absolute atomic E-state index is 0.0364. The standard InChI is InChI=1S/C18H21FN4O3/c1-8-14-11(9-2-3-9)6-12(18(25)26)17(24)23(14)16(21)13(19)15(8)22-5-4-10(20)7-22/h6,9-10H,2-5,7,20-21H2,1H3,(H,25,26). The lowest BCUT2D eigenvalue weighted by atomic mass is 10.0. The maximum absolute atomic E-state index is 15.1. The van der Waals surface area contributed by atoms with E-state index in [1.54, 1.807) is 6.92 Å². The fourth-order valence-electron chi connectivity index (χ4n) is 3.97. The molecule has 138 valence electrons. The molecule has 2 aromatic rings. The van der Waals surface area contributed by atoms with Crippen LogP contribution in [0.5, 0.6) is 0 Å². The number of aromatic carboxylic acids is 1. The van der Waals surface area contributed by atoms with Gasteiger partial charge in [-0.3, -0.25) is 9.20 Å². The van der Waals surface area contributed by atoms with Crippen LogP contribution in [-0.2, 0) is 0 Å². The number of aromatic nitrogens is 1. The molecule has 8 heteroatoms. The highest BCUT2D eigenvalue weighted by atomic mass is 19.1. The van der Waals surface area contributed by atoms with Crippen molar-refractivity contribution in [2.45, 2.75) is 38.1 Å². The summed E-state index contributed by atoms with van der Waals surface area (Å²) in [7, 11) is 0. The molecule has 7 nitrogen and oxygen atoms in total. The van der Waals surface area contributed by atoms with E-state index in [0.717, 1.165) is 29.2 Å². The molecule has 1 atom stereocenters. The van der Waals surface area contributed by atoms with Gasteiger partial charge in [0.25, 0.3) is 5.56 Å². The van der Waals surface area contributed by atoms with E-state index in [2.05, 4.69) is 0 Å². The molecule has 5 N–H and O–H groups in total. The predicted octanol–water partition coefficient (Wildman–Crippen LogP) is 1.44. The van der Waals surface area contributed by atoms with Gasteiger partial charge in [0, 0.05) is 24.7 Å². The van der Waals surface area contributed by atoms with Gasteiger partial charge in [0.1, 0.15) is 11.4 Å². The van der Waals surface area contributed by atoms with Crippen molar-refractivity contribution < 1.29 is 14.3 Å². The third kappa shape index (κ3) is 2.36. The summed E-state index contributed by atoms with van der Waals surface area (Å²) in [6, 6.07) is 1.40. The highest BCUT2D eigenvalue weighted by Gasteiger charge is 2.33. The van der Waals surface area contributed by atoms with Crippen molar-refractivity contribution in [3.05, 3.63) is 38.9 Å². The second-order valence-corrected chi connectivity index (χ2v) is 7.25. The van der Waals surface area contributed by atoms with Crippen LogP contribution in [0.4, 0.5) is 15.9 Å². The van der Waals surface area contributed by atoms with E-state index in [0.29, 0.717) is 29.9 Å². The molecule has 4 rings (SSSR count). The van der Waals surface area contributed by atoms with Crippen LogP contribution in [0.15, 0.2) is 10.9 Å². The van der Waals surface area contributed by atoms with Gasteiger partial charge in [0.05, 0.1) is 11.2 Å². The number of anilines is 2. The lowest BCUT2D eigenvalue weighted by Crippen LogP contribution is -2.30. The molecule has 1 aliphatic heterocycles. The van der Waals surface area contributed by atoms with E-state index in [1.807, 2.05) is 4.90 Å². The Bertz CT molecular complexity index is 997. The summed E-state index contributed by atoms with van der Waals surface area (Å²) >= 11 is 0.